The minimum Gasteiger partial charge on any atom is -0.344 e. The summed E-state index contributed by atoms with van der Waals surface area (Å²) in [6.07, 6.45) is 7.04. The number of aryl methyl sites for hydroxylation is 1. The standard InChI is InChI=1S/C18H29N5O2/c1-4-7-17(20-15(3)24)18(25)22-9-6-8-21(10-11-22)13-16-12-19-23(5-2)14-16/h4,12,14,17H,1,5-11,13H2,2-3H3,(H,20,24)/t17-/m0/s1. The Kier molecular flexibility index (Phi) is 7.18. The number of aromatic nitrogens is 2. The highest BCUT2D eigenvalue weighted by atomic mass is 16.2. The van der Waals surface area contributed by atoms with E-state index in [0.29, 0.717) is 13.0 Å². The highest BCUT2D eigenvalue weighted by molar-refractivity contribution is 5.87. The summed E-state index contributed by atoms with van der Waals surface area (Å²) in [5.74, 6) is -0.208. The molecule has 1 atom stereocenters. The molecule has 2 heterocycles. The fourth-order valence-corrected chi connectivity index (χ4v) is 3.12. The lowest BCUT2D eigenvalue weighted by molar-refractivity contribution is -0.135. The molecule has 1 saturated heterocycles. The molecule has 0 saturated carbocycles. The van der Waals surface area contributed by atoms with Gasteiger partial charge in [0.15, 0.2) is 0 Å². The van der Waals surface area contributed by atoms with Crippen LogP contribution in [0.15, 0.2) is 25.0 Å². The van der Waals surface area contributed by atoms with Crippen molar-refractivity contribution in [1.29, 1.82) is 0 Å². The lowest BCUT2D eigenvalue weighted by atomic mass is 10.1. The molecule has 1 aromatic rings. The molecule has 7 nitrogen and oxygen atoms in total. The molecular weight excluding hydrogens is 318 g/mol. The maximum atomic E-state index is 12.7. The summed E-state index contributed by atoms with van der Waals surface area (Å²) in [6.45, 7) is 12.1. The number of carbonyl (C=O) groups is 2. The van der Waals surface area contributed by atoms with Crippen LogP contribution in [0.5, 0.6) is 0 Å². The predicted octanol–water partition coefficient (Wildman–Crippen LogP) is 1.02. The zero-order chi connectivity index (χ0) is 18.2. The van der Waals surface area contributed by atoms with Crippen molar-refractivity contribution in [3.8, 4) is 0 Å². The molecule has 138 valence electrons. The predicted molar refractivity (Wildman–Crippen MR) is 96.8 cm³/mol. The molecule has 0 unspecified atom stereocenters. The minimum absolute atomic E-state index is 0.0178. The largest absolute Gasteiger partial charge is 0.344 e. The molecule has 2 amide bonds. The molecule has 2 rings (SSSR count). The molecule has 0 bridgehead atoms. The first-order valence-corrected chi connectivity index (χ1v) is 8.94. The summed E-state index contributed by atoms with van der Waals surface area (Å²) < 4.78 is 1.93. The van der Waals surface area contributed by atoms with Gasteiger partial charge >= 0.3 is 0 Å². The summed E-state index contributed by atoms with van der Waals surface area (Å²) in [5, 5.41) is 7.05. The highest BCUT2D eigenvalue weighted by Crippen LogP contribution is 2.11. The Bertz CT molecular complexity index is 598. The van der Waals surface area contributed by atoms with E-state index in [2.05, 4.69) is 35.0 Å². The van der Waals surface area contributed by atoms with Crippen molar-refractivity contribution in [2.45, 2.75) is 45.8 Å². The van der Waals surface area contributed by atoms with E-state index in [1.54, 1.807) is 6.08 Å². The van der Waals surface area contributed by atoms with Crippen LogP contribution in [0.2, 0.25) is 0 Å². The zero-order valence-electron chi connectivity index (χ0n) is 15.3. The van der Waals surface area contributed by atoms with Crippen molar-refractivity contribution in [2.75, 3.05) is 26.2 Å². The van der Waals surface area contributed by atoms with Gasteiger partial charge in [-0.2, -0.15) is 5.10 Å². The molecule has 1 aliphatic heterocycles. The van der Waals surface area contributed by atoms with E-state index in [1.807, 2.05) is 15.8 Å². The molecule has 1 aromatic heterocycles. The van der Waals surface area contributed by atoms with Gasteiger partial charge in [-0.3, -0.25) is 19.2 Å². The number of carbonyl (C=O) groups excluding carboxylic acids is 2. The van der Waals surface area contributed by atoms with Crippen molar-refractivity contribution in [2.24, 2.45) is 0 Å². The molecule has 7 heteroatoms. The van der Waals surface area contributed by atoms with Crippen molar-refractivity contribution < 1.29 is 9.59 Å². The van der Waals surface area contributed by atoms with E-state index in [-0.39, 0.29) is 11.8 Å². The van der Waals surface area contributed by atoms with Crippen LogP contribution >= 0.6 is 0 Å². The first kappa shape index (κ1) is 19.2. The van der Waals surface area contributed by atoms with E-state index < -0.39 is 6.04 Å². The summed E-state index contributed by atoms with van der Waals surface area (Å²) >= 11 is 0. The quantitative estimate of drug-likeness (QED) is 0.748. The number of amides is 2. The summed E-state index contributed by atoms with van der Waals surface area (Å²) in [6, 6.07) is -0.510. The van der Waals surface area contributed by atoms with Crippen LogP contribution in [0.4, 0.5) is 0 Å². The van der Waals surface area contributed by atoms with Crippen LogP contribution in [0.25, 0.3) is 0 Å². The number of nitrogens with one attached hydrogen (secondary N) is 1. The molecule has 1 aliphatic rings. The second-order valence-corrected chi connectivity index (χ2v) is 6.44. The van der Waals surface area contributed by atoms with Gasteiger partial charge in [0.25, 0.3) is 0 Å². The maximum Gasteiger partial charge on any atom is 0.245 e. The third kappa shape index (κ3) is 5.70. The van der Waals surface area contributed by atoms with Crippen molar-refractivity contribution >= 4 is 11.8 Å². The van der Waals surface area contributed by atoms with Crippen molar-refractivity contribution in [3.05, 3.63) is 30.6 Å². The Morgan fingerprint density at radius 3 is 2.80 bits per heavy atom. The van der Waals surface area contributed by atoms with Gasteiger partial charge in [-0.25, -0.2) is 0 Å². The van der Waals surface area contributed by atoms with E-state index >= 15 is 0 Å². The van der Waals surface area contributed by atoms with Crippen LogP contribution in [-0.4, -0.2) is 63.6 Å². The van der Waals surface area contributed by atoms with E-state index in [0.717, 1.165) is 39.1 Å². The van der Waals surface area contributed by atoms with Gasteiger partial charge in [-0.1, -0.05) is 6.08 Å². The highest BCUT2D eigenvalue weighted by Gasteiger charge is 2.26. The van der Waals surface area contributed by atoms with Crippen LogP contribution in [0.1, 0.15) is 32.3 Å². The monoisotopic (exact) mass is 347 g/mol. The number of hydrogen-bond acceptors (Lipinski definition) is 4. The SMILES string of the molecule is C=CC[C@H](NC(C)=O)C(=O)N1CCCN(Cc2cnn(CC)c2)CC1. The Morgan fingerprint density at radius 2 is 2.16 bits per heavy atom. The number of nitrogens with zero attached hydrogens (tertiary/aromatic N) is 4. The molecule has 0 aromatic carbocycles. The molecule has 1 fully saturated rings. The smallest absolute Gasteiger partial charge is 0.245 e. The van der Waals surface area contributed by atoms with E-state index in [9.17, 15) is 9.59 Å². The minimum atomic E-state index is -0.510. The van der Waals surface area contributed by atoms with E-state index in [1.165, 1.54) is 12.5 Å². The third-order valence-corrected chi connectivity index (χ3v) is 4.40. The fraction of sp³-hybridized carbons (Fsp3) is 0.611. The van der Waals surface area contributed by atoms with Gasteiger partial charge in [0.2, 0.25) is 11.8 Å². The maximum absolute atomic E-state index is 12.7. The molecule has 25 heavy (non-hydrogen) atoms. The van der Waals surface area contributed by atoms with Gasteiger partial charge in [0.05, 0.1) is 6.20 Å². The van der Waals surface area contributed by atoms with E-state index in [4.69, 9.17) is 0 Å². The van der Waals surface area contributed by atoms with Crippen LogP contribution in [0.3, 0.4) is 0 Å². The third-order valence-electron chi connectivity index (χ3n) is 4.40. The molecule has 0 aliphatic carbocycles. The van der Waals surface area contributed by atoms with Gasteiger partial charge in [0, 0.05) is 58.0 Å². The average molecular weight is 347 g/mol. The second kappa shape index (κ2) is 9.36. The Hall–Kier alpha value is -2.15. The van der Waals surface area contributed by atoms with Gasteiger partial charge in [-0.15, -0.1) is 6.58 Å². The number of hydrogen-bond donors (Lipinski definition) is 1. The van der Waals surface area contributed by atoms with Gasteiger partial charge < -0.3 is 10.2 Å². The topological polar surface area (TPSA) is 70.5 Å². The molecule has 1 N–H and O–H groups in total. The molecule has 0 radical (unpaired) electrons. The number of rotatable bonds is 7. The average Bonchev–Trinajstić information content (AvgIpc) is 2.90. The summed E-state index contributed by atoms with van der Waals surface area (Å²) in [7, 11) is 0. The summed E-state index contributed by atoms with van der Waals surface area (Å²) in [4.78, 5) is 28.3. The van der Waals surface area contributed by atoms with Crippen LogP contribution in [-0.2, 0) is 22.7 Å². The Morgan fingerprint density at radius 1 is 1.36 bits per heavy atom. The normalized spacial score (nSPS) is 17.0. The lowest BCUT2D eigenvalue weighted by Gasteiger charge is -2.26. The van der Waals surface area contributed by atoms with Crippen molar-refractivity contribution in [1.82, 2.24) is 24.9 Å². The fourth-order valence-electron chi connectivity index (χ4n) is 3.12. The van der Waals surface area contributed by atoms with Gasteiger partial charge in [-0.05, 0) is 19.8 Å². The van der Waals surface area contributed by atoms with Crippen molar-refractivity contribution in [3.63, 3.8) is 0 Å². The first-order valence-electron chi connectivity index (χ1n) is 8.94. The Balaban J connectivity index is 1.91. The first-order chi connectivity index (χ1) is 12.0. The summed E-state index contributed by atoms with van der Waals surface area (Å²) in [5.41, 5.74) is 1.20. The Labute approximate surface area is 149 Å². The second-order valence-electron chi connectivity index (χ2n) is 6.44. The van der Waals surface area contributed by atoms with Crippen LogP contribution in [0, 0.1) is 0 Å². The lowest BCUT2D eigenvalue weighted by Crippen LogP contribution is -2.48. The molecular formula is C18H29N5O2. The molecule has 0 spiro atoms. The zero-order valence-corrected chi connectivity index (χ0v) is 15.3. The van der Waals surface area contributed by atoms with Gasteiger partial charge in [0.1, 0.15) is 6.04 Å². The van der Waals surface area contributed by atoms with Crippen LogP contribution < -0.4 is 5.32 Å².